The number of hydrogen-bond donors (Lipinski definition) is 2. The Balaban J connectivity index is 1.39. The van der Waals surface area contributed by atoms with Gasteiger partial charge in [-0.25, -0.2) is 0 Å². The van der Waals surface area contributed by atoms with E-state index in [-0.39, 0.29) is 5.91 Å². The van der Waals surface area contributed by atoms with Crippen molar-refractivity contribution in [3.05, 3.63) is 83.0 Å². The molecule has 1 aromatic heterocycles. The first-order valence-electron chi connectivity index (χ1n) is 10.7. The molecule has 1 aliphatic rings. The van der Waals surface area contributed by atoms with Crippen molar-refractivity contribution < 1.29 is 4.79 Å². The minimum atomic E-state index is -0.0766. The number of amides is 1. The molecule has 1 saturated carbocycles. The maximum Gasteiger partial charge on any atom is 0.253 e. The highest BCUT2D eigenvalue weighted by atomic mass is 16.1. The number of aromatic amines is 1. The molecular formula is C26H27N3O. The van der Waals surface area contributed by atoms with Gasteiger partial charge in [-0.15, -0.1) is 0 Å². The maximum atomic E-state index is 13.0. The lowest BCUT2D eigenvalue weighted by atomic mass is 9.78. The number of nitrogens with one attached hydrogen (secondary N) is 2. The first-order chi connectivity index (χ1) is 14.7. The lowest BCUT2D eigenvalue weighted by molar-refractivity contribution is 0.0943. The van der Waals surface area contributed by atoms with Crippen LogP contribution in [-0.2, 0) is 0 Å². The summed E-state index contributed by atoms with van der Waals surface area (Å²) in [5.41, 5.74) is 4.99. The summed E-state index contributed by atoms with van der Waals surface area (Å²) >= 11 is 0. The Morgan fingerprint density at radius 2 is 1.77 bits per heavy atom. The lowest BCUT2D eigenvalue weighted by Crippen LogP contribution is -2.31. The van der Waals surface area contributed by atoms with E-state index in [0.29, 0.717) is 29.5 Å². The fourth-order valence-electron chi connectivity index (χ4n) is 4.54. The highest BCUT2D eigenvalue weighted by Crippen LogP contribution is 2.35. The summed E-state index contributed by atoms with van der Waals surface area (Å²) in [6.45, 7) is 2.63. The summed E-state index contributed by atoms with van der Waals surface area (Å²) in [4.78, 5) is 16.2. The normalized spacial score (nSPS) is 18.5. The van der Waals surface area contributed by atoms with Gasteiger partial charge in [0, 0.05) is 17.8 Å². The van der Waals surface area contributed by atoms with Crippen LogP contribution in [0.4, 0.5) is 0 Å². The minimum absolute atomic E-state index is 0.0766. The molecule has 0 atom stereocenters. The van der Waals surface area contributed by atoms with Crippen LogP contribution < -0.4 is 5.32 Å². The largest absolute Gasteiger partial charge is 0.358 e. The van der Waals surface area contributed by atoms with Crippen LogP contribution in [0.2, 0.25) is 0 Å². The van der Waals surface area contributed by atoms with Crippen LogP contribution in [0.25, 0.3) is 11.3 Å². The molecule has 4 heteroatoms. The van der Waals surface area contributed by atoms with Gasteiger partial charge >= 0.3 is 0 Å². The van der Waals surface area contributed by atoms with Gasteiger partial charge in [0.25, 0.3) is 5.91 Å². The standard InChI is InChI=1S/C26H27N3O/c1-18-15-24(25(29-18)23-10-6-5-9-22(23)16-27)26(30)28-17-19-11-13-21(14-12-19)20-7-3-2-4-8-20/h2-10,15,19,21,29H,11-14,17H2,1H3,(H,28,30). The van der Waals surface area contributed by atoms with Gasteiger partial charge in [0.15, 0.2) is 0 Å². The number of carbonyl (C=O) groups is 1. The number of nitriles is 1. The van der Waals surface area contributed by atoms with E-state index in [1.807, 2.05) is 31.2 Å². The molecule has 0 unspecified atom stereocenters. The van der Waals surface area contributed by atoms with Gasteiger partial charge in [-0.05, 0) is 62.1 Å². The SMILES string of the molecule is Cc1cc(C(=O)NCC2CCC(c3ccccc3)CC2)c(-c2ccccc2C#N)[nH]1. The second-order valence-electron chi connectivity index (χ2n) is 8.24. The Bertz CT molecular complexity index is 1050. The Morgan fingerprint density at radius 3 is 2.50 bits per heavy atom. The molecule has 0 bridgehead atoms. The first kappa shape index (κ1) is 20.0. The van der Waals surface area contributed by atoms with Gasteiger partial charge < -0.3 is 10.3 Å². The van der Waals surface area contributed by atoms with Crippen molar-refractivity contribution in [3.63, 3.8) is 0 Å². The Morgan fingerprint density at radius 1 is 1.07 bits per heavy atom. The molecule has 1 aliphatic carbocycles. The Labute approximate surface area is 178 Å². The summed E-state index contributed by atoms with van der Waals surface area (Å²) in [6.07, 6.45) is 4.62. The predicted octanol–water partition coefficient (Wildman–Crippen LogP) is 5.57. The first-order valence-corrected chi connectivity index (χ1v) is 10.7. The zero-order valence-electron chi connectivity index (χ0n) is 17.3. The van der Waals surface area contributed by atoms with Crippen molar-refractivity contribution in [1.82, 2.24) is 10.3 Å². The highest BCUT2D eigenvalue weighted by Gasteiger charge is 2.24. The maximum absolute atomic E-state index is 13.0. The minimum Gasteiger partial charge on any atom is -0.358 e. The van der Waals surface area contributed by atoms with Crippen LogP contribution in [-0.4, -0.2) is 17.4 Å². The van der Waals surface area contributed by atoms with E-state index in [1.165, 1.54) is 18.4 Å². The molecule has 30 heavy (non-hydrogen) atoms. The smallest absolute Gasteiger partial charge is 0.253 e. The lowest BCUT2D eigenvalue weighted by Gasteiger charge is -2.29. The molecule has 3 aromatic rings. The predicted molar refractivity (Wildman–Crippen MR) is 119 cm³/mol. The van der Waals surface area contributed by atoms with E-state index in [1.54, 1.807) is 6.07 Å². The van der Waals surface area contributed by atoms with Gasteiger partial charge in [0.2, 0.25) is 0 Å². The van der Waals surface area contributed by atoms with Crippen LogP contribution >= 0.6 is 0 Å². The van der Waals surface area contributed by atoms with Gasteiger partial charge in [-0.3, -0.25) is 4.79 Å². The third-order valence-electron chi connectivity index (χ3n) is 6.18. The fraction of sp³-hybridized carbons (Fsp3) is 0.308. The van der Waals surface area contributed by atoms with E-state index in [9.17, 15) is 10.1 Å². The summed E-state index contributed by atoms with van der Waals surface area (Å²) in [7, 11) is 0. The number of hydrogen-bond acceptors (Lipinski definition) is 2. The van der Waals surface area contributed by atoms with Crippen LogP contribution in [0.5, 0.6) is 0 Å². The molecule has 152 valence electrons. The van der Waals surface area contributed by atoms with Gasteiger partial charge in [0.1, 0.15) is 0 Å². The van der Waals surface area contributed by atoms with E-state index in [4.69, 9.17) is 0 Å². The summed E-state index contributed by atoms with van der Waals surface area (Å²) in [5.74, 6) is 1.08. The van der Waals surface area contributed by atoms with Gasteiger partial charge in [0.05, 0.1) is 22.9 Å². The summed E-state index contributed by atoms with van der Waals surface area (Å²) in [6, 6.07) is 22.2. The molecule has 0 radical (unpaired) electrons. The molecule has 0 aliphatic heterocycles. The average molecular weight is 398 g/mol. The van der Waals surface area contributed by atoms with Crippen molar-refractivity contribution >= 4 is 5.91 Å². The molecular weight excluding hydrogens is 370 g/mol. The topological polar surface area (TPSA) is 68.7 Å². The second-order valence-corrected chi connectivity index (χ2v) is 8.24. The molecule has 0 saturated heterocycles. The molecule has 1 amide bonds. The Kier molecular flexibility index (Phi) is 5.99. The third-order valence-corrected chi connectivity index (χ3v) is 6.18. The number of H-pyrrole nitrogens is 1. The fourth-order valence-corrected chi connectivity index (χ4v) is 4.54. The van der Waals surface area contributed by atoms with Crippen molar-refractivity contribution in [3.8, 4) is 17.3 Å². The molecule has 0 spiro atoms. The highest BCUT2D eigenvalue weighted by molar-refractivity contribution is 6.01. The van der Waals surface area contributed by atoms with Gasteiger partial charge in [-0.2, -0.15) is 5.26 Å². The average Bonchev–Trinajstić information content (AvgIpc) is 3.20. The quantitative estimate of drug-likeness (QED) is 0.591. The molecule has 4 rings (SSSR count). The molecule has 2 aromatic carbocycles. The van der Waals surface area contributed by atoms with Crippen LogP contribution in [0.3, 0.4) is 0 Å². The van der Waals surface area contributed by atoms with E-state index in [0.717, 1.165) is 29.8 Å². The molecule has 1 fully saturated rings. The number of nitrogens with zero attached hydrogens (tertiary/aromatic N) is 1. The summed E-state index contributed by atoms with van der Waals surface area (Å²) in [5, 5.41) is 12.6. The van der Waals surface area contributed by atoms with E-state index < -0.39 is 0 Å². The second kappa shape index (κ2) is 9.00. The zero-order valence-corrected chi connectivity index (χ0v) is 17.3. The van der Waals surface area contributed by atoms with Gasteiger partial charge in [-0.1, -0.05) is 48.5 Å². The van der Waals surface area contributed by atoms with E-state index in [2.05, 4.69) is 46.7 Å². The molecule has 1 heterocycles. The number of carbonyl (C=O) groups excluding carboxylic acids is 1. The monoisotopic (exact) mass is 397 g/mol. The van der Waals surface area contributed by atoms with Crippen molar-refractivity contribution in [2.75, 3.05) is 6.54 Å². The number of benzene rings is 2. The van der Waals surface area contributed by atoms with Crippen molar-refractivity contribution in [1.29, 1.82) is 5.26 Å². The molecule has 2 N–H and O–H groups in total. The van der Waals surface area contributed by atoms with Crippen LogP contribution in [0.1, 0.15) is 58.8 Å². The summed E-state index contributed by atoms with van der Waals surface area (Å²) < 4.78 is 0. The number of rotatable bonds is 5. The van der Waals surface area contributed by atoms with Crippen molar-refractivity contribution in [2.45, 2.75) is 38.5 Å². The van der Waals surface area contributed by atoms with Crippen molar-refractivity contribution in [2.24, 2.45) is 5.92 Å². The van der Waals surface area contributed by atoms with E-state index >= 15 is 0 Å². The number of aromatic nitrogens is 1. The van der Waals surface area contributed by atoms with Crippen LogP contribution in [0.15, 0.2) is 60.7 Å². The molecule has 4 nitrogen and oxygen atoms in total. The zero-order chi connectivity index (χ0) is 20.9. The Hall–Kier alpha value is -3.32. The third kappa shape index (κ3) is 4.31. The number of aryl methyl sites for hydroxylation is 1. The van der Waals surface area contributed by atoms with Crippen LogP contribution in [0, 0.1) is 24.2 Å².